The number of hydrogen-bond acceptors (Lipinski definition) is 4. The lowest BCUT2D eigenvalue weighted by Crippen LogP contribution is -2.31. The van der Waals surface area contributed by atoms with Crippen LogP contribution in [0.3, 0.4) is 0 Å². The van der Waals surface area contributed by atoms with E-state index >= 15 is 0 Å². The van der Waals surface area contributed by atoms with Crippen molar-refractivity contribution in [3.05, 3.63) is 58.1 Å². The number of methoxy groups -OCH3 is 1. The zero-order valence-corrected chi connectivity index (χ0v) is 15.6. The van der Waals surface area contributed by atoms with Gasteiger partial charge in [0, 0.05) is 12.0 Å². The summed E-state index contributed by atoms with van der Waals surface area (Å²) in [5, 5.41) is 10.5. The molecule has 2 aromatic rings. The molecule has 0 amide bonds. The molecule has 0 aliphatic carbocycles. The van der Waals surface area contributed by atoms with E-state index in [4.69, 9.17) is 32.7 Å². The molecule has 26 heavy (non-hydrogen) atoms. The maximum Gasteiger partial charge on any atom is 0.309 e. The van der Waals surface area contributed by atoms with Crippen molar-refractivity contribution in [3.63, 3.8) is 0 Å². The van der Waals surface area contributed by atoms with Gasteiger partial charge in [0.25, 0.3) is 0 Å². The third-order valence-corrected chi connectivity index (χ3v) is 4.83. The number of carbonyl (C=O) groups is 1. The van der Waals surface area contributed by atoms with Gasteiger partial charge in [-0.3, -0.25) is 4.79 Å². The summed E-state index contributed by atoms with van der Waals surface area (Å²) in [5.74, 6) is -0.0326. The lowest BCUT2D eigenvalue weighted by molar-refractivity contribution is -0.156. The minimum atomic E-state index is -0.699. The molecule has 1 N–H and O–H groups in total. The van der Waals surface area contributed by atoms with E-state index in [0.717, 1.165) is 11.1 Å². The average Bonchev–Trinajstić information content (AvgIpc) is 2.61. The molecule has 2 unspecified atom stereocenters. The molecule has 2 aromatic carbocycles. The van der Waals surface area contributed by atoms with Crippen molar-refractivity contribution in [2.24, 2.45) is 0 Å². The molecule has 3 rings (SSSR count). The highest BCUT2D eigenvalue weighted by atomic mass is 35.5. The Hall–Kier alpha value is -2.01. The number of rotatable bonds is 4. The maximum atomic E-state index is 11.5. The highest BCUT2D eigenvalue weighted by Gasteiger charge is 2.25. The molecule has 6 heteroatoms. The molecule has 136 valence electrons. The van der Waals surface area contributed by atoms with Gasteiger partial charge < -0.3 is 14.6 Å². The number of cyclic esters (lactones) is 1. The molecule has 0 aromatic heterocycles. The molecule has 1 heterocycles. The summed E-state index contributed by atoms with van der Waals surface area (Å²) >= 11 is 12.8. The second-order valence-electron chi connectivity index (χ2n) is 6.01. The third-order valence-electron chi connectivity index (χ3n) is 4.17. The largest absolute Gasteiger partial charge is 0.494 e. The fourth-order valence-electron chi connectivity index (χ4n) is 2.95. The number of aliphatic hydroxyl groups is 1. The highest BCUT2D eigenvalue weighted by molar-refractivity contribution is 6.38. The summed E-state index contributed by atoms with van der Waals surface area (Å²) in [7, 11) is 1.50. The Morgan fingerprint density at radius 2 is 2.00 bits per heavy atom. The predicted octanol–water partition coefficient (Wildman–Crippen LogP) is 4.75. The second-order valence-corrected chi connectivity index (χ2v) is 6.80. The zero-order chi connectivity index (χ0) is 18.7. The van der Waals surface area contributed by atoms with Crippen molar-refractivity contribution in [3.8, 4) is 16.9 Å². The monoisotopic (exact) mass is 392 g/mol. The van der Waals surface area contributed by atoms with Crippen molar-refractivity contribution in [2.75, 3.05) is 7.11 Å². The Labute approximate surface area is 162 Å². The lowest BCUT2D eigenvalue weighted by Gasteiger charge is -2.23. The van der Waals surface area contributed by atoms with Crippen LogP contribution < -0.4 is 4.74 Å². The molecule has 4 nitrogen and oxygen atoms in total. The van der Waals surface area contributed by atoms with Crippen molar-refractivity contribution < 1.29 is 19.4 Å². The van der Waals surface area contributed by atoms with E-state index in [1.165, 1.54) is 7.11 Å². The van der Waals surface area contributed by atoms with Gasteiger partial charge in [0.15, 0.2) is 5.75 Å². The second kappa shape index (κ2) is 8.12. The first kappa shape index (κ1) is 18.8. The summed E-state index contributed by atoms with van der Waals surface area (Å²) in [4.78, 5) is 11.5. The fourth-order valence-corrected chi connectivity index (χ4v) is 3.63. The molecule has 2 atom stereocenters. The highest BCUT2D eigenvalue weighted by Crippen LogP contribution is 2.42. The normalized spacial score (nSPS) is 20.2. The van der Waals surface area contributed by atoms with Crippen molar-refractivity contribution >= 4 is 35.2 Å². The van der Waals surface area contributed by atoms with Gasteiger partial charge in [0.05, 0.1) is 29.7 Å². The van der Waals surface area contributed by atoms with E-state index in [1.807, 2.05) is 30.3 Å². The van der Waals surface area contributed by atoms with Crippen LogP contribution in [0.15, 0.2) is 42.5 Å². The first-order valence-corrected chi connectivity index (χ1v) is 8.92. The van der Waals surface area contributed by atoms with Crippen LogP contribution in [-0.4, -0.2) is 30.4 Å². The maximum absolute atomic E-state index is 11.5. The number of aliphatic hydroxyl groups excluding tert-OH is 1. The summed E-state index contributed by atoms with van der Waals surface area (Å²) in [6.45, 7) is 0. The number of ether oxygens (including phenoxy) is 2. The molecule has 0 radical (unpaired) electrons. The van der Waals surface area contributed by atoms with Gasteiger partial charge in [-0.05, 0) is 23.3 Å². The molecular weight excluding hydrogens is 375 g/mol. The average molecular weight is 393 g/mol. The Morgan fingerprint density at radius 1 is 1.27 bits per heavy atom. The molecule has 0 spiro atoms. The molecule has 0 saturated carbocycles. The minimum Gasteiger partial charge on any atom is -0.494 e. The fraction of sp³-hybridized carbons (Fsp3) is 0.250. The third kappa shape index (κ3) is 4.04. The van der Waals surface area contributed by atoms with Gasteiger partial charge in [0.2, 0.25) is 0 Å². The van der Waals surface area contributed by atoms with Gasteiger partial charge in [-0.25, -0.2) is 0 Å². The van der Waals surface area contributed by atoms with E-state index in [2.05, 4.69) is 0 Å². The summed E-state index contributed by atoms with van der Waals surface area (Å²) in [5.41, 5.74) is 2.48. The lowest BCUT2D eigenvalue weighted by atomic mass is 9.97. The minimum absolute atomic E-state index is 0.0229. The van der Waals surface area contributed by atoms with E-state index in [1.54, 1.807) is 18.2 Å². The number of benzene rings is 2. The first-order valence-electron chi connectivity index (χ1n) is 8.16. The van der Waals surface area contributed by atoms with Crippen LogP contribution >= 0.6 is 23.2 Å². The van der Waals surface area contributed by atoms with E-state index < -0.39 is 18.2 Å². The van der Waals surface area contributed by atoms with Crippen molar-refractivity contribution in [2.45, 2.75) is 25.0 Å². The number of halogens is 2. The zero-order valence-electron chi connectivity index (χ0n) is 14.1. The Bertz CT molecular complexity index is 833. The Balaban J connectivity index is 2.04. The molecule has 1 aliphatic heterocycles. The quantitative estimate of drug-likeness (QED) is 0.762. The van der Waals surface area contributed by atoms with Gasteiger partial charge in [-0.2, -0.15) is 0 Å². The summed E-state index contributed by atoms with van der Waals surface area (Å²) in [6, 6.07) is 11.5. The Kier molecular flexibility index (Phi) is 5.87. The molecule has 1 fully saturated rings. The van der Waals surface area contributed by atoms with Crippen LogP contribution in [0, 0.1) is 0 Å². The van der Waals surface area contributed by atoms with Crippen LogP contribution in [0.4, 0.5) is 0 Å². The van der Waals surface area contributed by atoms with Gasteiger partial charge in [-0.1, -0.05) is 59.6 Å². The summed E-state index contributed by atoms with van der Waals surface area (Å²) < 4.78 is 10.6. The van der Waals surface area contributed by atoms with E-state index in [-0.39, 0.29) is 6.42 Å². The van der Waals surface area contributed by atoms with Crippen LogP contribution in [0.1, 0.15) is 18.4 Å². The van der Waals surface area contributed by atoms with Crippen molar-refractivity contribution in [1.29, 1.82) is 0 Å². The van der Waals surface area contributed by atoms with Gasteiger partial charge in [-0.15, -0.1) is 0 Å². The van der Waals surface area contributed by atoms with E-state index in [9.17, 15) is 9.90 Å². The van der Waals surface area contributed by atoms with Crippen LogP contribution in [-0.2, 0) is 9.53 Å². The topological polar surface area (TPSA) is 55.8 Å². The van der Waals surface area contributed by atoms with E-state index in [0.29, 0.717) is 27.8 Å². The molecule has 1 aliphatic rings. The number of hydrogen-bond donors (Lipinski definition) is 1. The number of esters is 1. The van der Waals surface area contributed by atoms with Crippen LogP contribution in [0.25, 0.3) is 17.2 Å². The SMILES string of the molecule is COc1c(Cl)cc(-c2ccccc2)c(/C=C/C2CC(O)CC(=O)O2)c1Cl. The smallest absolute Gasteiger partial charge is 0.309 e. The van der Waals surface area contributed by atoms with Crippen LogP contribution in [0.2, 0.25) is 10.0 Å². The standard InChI is InChI=1S/C20H18Cl2O4/c1-25-20-17(21)11-16(12-5-3-2-4-6-12)15(19(20)22)8-7-14-9-13(23)10-18(24)26-14/h2-8,11,13-14,23H,9-10H2,1H3/b8-7+. The van der Waals surface area contributed by atoms with Gasteiger partial charge in [0.1, 0.15) is 6.10 Å². The van der Waals surface area contributed by atoms with Crippen molar-refractivity contribution in [1.82, 2.24) is 0 Å². The number of carbonyl (C=O) groups excluding carboxylic acids is 1. The summed E-state index contributed by atoms with van der Waals surface area (Å²) in [6.07, 6.45) is 2.67. The Morgan fingerprint density at radius 3 is 2.65 bits per heavy atom. The van der Waals surface area contributed by atoms with Crippen LogP contribution in [0.5, 0.6) is 5.75 Å². The molecule has 0 bridgehead atoms. The molecule has 1 saturated heterocycles. The van der Waals surface area contributed by atoms with Gasteiger partial charge >= 0.3 is 5.97 Å². The predicted molar refractivity (Wildman–Crippen MR) is 103 cm³/mol. The first-order chi connectivity index (χ1) is 12.5. The molecular formula is C20H18Cl2O4.